The van der Waals surface area contributed by atoms with E-state index in [-0.39, 0.29) is 17.0 Å². The van der Waals surface area contributed by atoms with Gasteiger partial charge in [0, 0.05) is 24.5 Å². The molecule has 0 radical (unpaired) electrons. The first kappa shape index (κ1) is 27.6. The standard InChI is InChI=1S/C22H36N4O3S.HNO3/c27-22(25-19-13-9-5-2-6-10-14-19)26-30(28,29)21-17-23-16-15-20(21)24-18-11-7-3-1-4-8-12-18;2-1(3)4/h15-19H,1-14H2,(H,23,24)(H2,25,26,27);(H,2,3,4). The maximum absolute atomic E-state index is 12.9. The van der Waals surface area contributed by atoms with Crippen molar-refractivity contribution in [3.63, 3.8) is 0 Å². The molecule has 11 nitrogen and oxygen atoms in total. The van der Waals surface area contributed by atoms with Gasteiger partial charge in [-0.2, -0.15) is 0 Å². The van der Waals surface area contributed by atoms with Crippen LogP contribution in [0.25, 0.3) is 0 Å². The Balaban J connectivity index is 0.000000945. The smallest absolute Gasteiger partial charge is 0.328 e. The van der Waals surface area contributed by atoms with Crippen molar-refractivity contribution in [3.05, 3.63) is 28.6 Å². The van der Waals surface area contributed by atoms with Gasteiger partial charge in [0.05, 0.1) is 5.69 Å². The fraction of sp³-hybridized carbons (Fsp3) is 0.727. The van der Waals surface area contributed by atoms with Gasteiger partial charge in [0.25, 0.3) is 15.1 Å². The second-order valence-electron chi connectivity index (χ2n) is 8.92. The zero-order valence-electron chi connectivity index (χ0n) is 19.6. The summed E-state index contributed by atoms with van der Waals surface area (Å²) in [6, 6.07) is 1.30. The Hall–Kier alpha value is -2.63. The number of aromatic nitrogens is 1. The first-order chi connectivity index (χ1) is 16.3. The molecule has 12 heteroatoms. The summed E-state index contributed by atoms with van der Waals surface area (Å²) < 4.78 is 28.1. The molecule has 0 bridgehead atoms. The van der Waals surface area contributed by atoms with Gasteiger partial charge in [0.15, 0.2) is 0 Å². The van der Waals surface area contributed by atoms with Gasteiger partial charge in [-0.05, 0) is 31.7 Å². The maximum atomic E-state index is 12.9. The SMILES string of the molecule is O=C(NC1CCCCCCC1)NS(=O)(=O)c1cnccc1NC1CCCCCCC1.O=[N+]([O-])O. The van der Waals surface area contributed by atoms with E-state index >= 15 is 0 Å². The van der Waals surface area contributed by atoms with Gasteiger partial charge in [0.2, 0.25) is 0 Å². The van der Waals surface area contributed by atoms with Crippen LogP contribution in [0.2, 0.25) is 0 Å². The Labute approximate surface area is 201 Å². The van der Waals surface area contributed by atoms with Gasteiger partial charge in [-0.15, -0.1) is 10.1 Å². The highest BCUT2D eigenvalue weighted by atomic mass is 32.2. The van der Waals surface area contributed by atoms with E-state index in [0.717, 1.165) is 51.4 Å². The van der Waals surface area contributed by atoms with Crippen molar-refractivity contribution in [2.45, 2.75) is 107 Å². The molecular formula is C22H37N5O6S. The van der Waals surface area contributed by atoms with Crippen molar-refractivity contribution >= 4 is 21.7 Å². The van der Waals surface area contributed by atoms with Crippen LogP contribution in [-0.2, 0) is 10.0 Å². The van der Waals surface area contributed by atoms with E-state index in [4.69, 9.17) is 15.3 Å². The van der Waals surface area contributed by atoms with Gasteiger partial charge in [-0.3, -0.25) is 4.98 Å². The molecule has 192 valence electrons. The Morgan fingerprint density at radius 3 is 1.94 bits per heavy atom. The van der Waals surface area contributed by atoms with Crippen molar-refractivity contribution in [1.82, 2.24) is 15.0 Å². The van der Waals surface area contributed by atoms with Gasteiger partial charge in [-0.1, -0.05) is 64.2 Å². The number of nitrogens with zero attached hydrogens (tertiary/aromatic N) is 2. The summed E-state index contributed by atoms with van der Waals surface area (Å²) in [4.78, 5) is 24.8. The van der Waals surface area contributed by atoms with Crippen LogP contribution >= 0.6 is 0 Å². The van der Waals surface area contributed by atoms with Crippen LogP contribution in [0.15, 0.2) is 23.4 Å². The molecule has 4 N–H and O–H groups in total. The monoisotopic (exact) mass is 499 g/mol. The molecule has 0 atom stereocenters. The second-order valence-corrected chi connectivity index (χ2v) is 10.6. The number of pyridine rings is 1. The van der Waals surface area contributed by atoms with E-state index < -0.39 is 21.1 Å². The Kier molecular flexibility index (Phi) is 11.9. The van der Waals surface area contributed by atoms with Crippen molar-refractivity contribution < 1.29 is 23.5 Å². The molecule has 2 aliphatic carbocycles. The maximum Gasteiger partial charge on any atom is 0.328 e. The largest absolute Gasteiger partial charge is 0.381 e. The zero-order valence-corrected chi connectivity index (χ0v) is 20.4. The number of anilines is 1. The number of nitrogens with one attached hydrogen (secondary N) is 3. The minimum Gasteiger partial charge on any atom is -0.381 e. The molecule has 0 spiro atoms. The van der Waals surface area contributed by atoms with Gasteiger partial charge in [0.1, 0.15) is 4.90 Å². The van der Waals surface area contributed by atoms with Crippen molar-refractivity contribution in [1.29, 1.82) is 0 Å². The molecule has 2 amide bonds. The van der Waals surface area contributed by atoms with E-state index in [2.05, 4.69) is 20.3 Å². The lowest BCUT2D eigenvalue weighted by molar-refractivity contribution is -0.742. The highest BCUT2D eigenvalue weighted by Gasteiger charge is 2.24. The normalized spacial score (nSPS) is 18.6. The van der Waals surface area contributed by atoms with Crippen molar-refractivity contribution in [2.75, 3.05) is 5.32 Å². The number of hydrogen-bond donors (Lipinski definition) is 4. The van der Waals surface area contributed by atoms with Crippen LogP contribution in [0.1, 0.15) is 89.9 Å². The zero-order chi connectivity index (χ0) is 24.8. The lowest BCUT2D eigenvalue weighted by atomic mass is 9.96. The summed E-state index contributed by atoms with van der Waals surface area (Å²) in [6.45, 7) is 0. The first-order valence-corrected chi connectivity index (χ1v) is 13.6. The Bertz CT molecular complexity index is 862. The molecule has 0 aromatic carbocycles. The molecule has 0 aliphatic heterocycles. The molecule has 1 aromatic rings. The summed E-state index contributed by atoms with van der Waals surface area (Å²) in [5.41, 5.74) is 0.516. The van der Waals surface area contributed by atoms with Crippen LogP contribution in [0.4, 0.5) is 10.5 Å². The molecule has 1 aromatic heterocycles. The first-order valence-electron chi connectivity index (χ1n) is 12.1. The number of sulfonamides is 1. The fourth-order valence-electron chi connectivity index (χ4n) is 4.53. The average Bonchev–Trinajstić information content (AvgIpc) is 2.71. The lowest BCUT2D eigenvalue weighted by Gasteiger charge is -2.24. The van der Waals surface area contributed by atoms with Gasteiger partial charge < -0.3 is 15.8 Å². The molecular weight excluding hydrogens is 462 g/mol. The van der Waals surface area contributed by atoms with E-state index in [1.807, 2.05) is 0 Å². The topological polar surface area (TPSA) is 164 Å². The third kappa shape index (κ3) is 10.5. The number of carbonyl (C=O) groups excluding carboxylic acids is 1. The fourth-order valence-corrected chi connectivity index (χ4v) is 5.56. The summed E-state index contributed by atoms with van der Waals surface area (Å²) in [5.74, 6) is 0. The molecule has 2 aliphatic rings. The molecule has 0 unspecified atom stereocenters. The summed E-state index contributed by atoms with van der Waals surface area (Å²) in [6.07, 6.45) is 18.5. The van der Waals surface area contributed by atoms with Gasteiger partial charge in [-0.25, -0.2) is 17.9 Å². The predicted octanol–water partition coefficient (Wildman–Crippen LogP) is 4.36. The van der Waals surface area contributed by atoms with E-state index in [1.54, 1.807) is 12.3 Å². The number of amides is 2. The minimum absolute atomic E-state index is 0.0277. The van der Waals surface area contributed by atoms with Crippen LogP contribution < -0.4 is 15.4 Å². The molecule has 2 saturated carbocycles. The van der Waals surface area contributed by atoms with E-state index in [9.17, 15) is 13.2 Å². The van der Waals surface area contributed by atoms with Crippen LogP contribution in [0.3, 0.4) is 0 Å². The lowest BCUT2D eigenvalue weighted by Crippen LogP contribution is -2.44. The number of hydrogen-bond acceptors (Lipinski definition) is 7. The molecule has 1 heterocycles. The highest BCUT2D eigenvalue weighted by Crippen LogP contribution is 2.25. The Morgan fingerprint density at radius 1 is 0.941 bits per heavy atom. The second kappa shape index (κ2) is 14.6. The average molecular weight is 500 g/mol. The van der Waals surface area contributed by atoms with E-state index in [1.165, 1.54) is 44.7 Å². The number of urea groups is 1. The van der Waals surface area contributed by atoms with Crippen LogP contribution in [-0.4, -0.2) is 41.8 Å². The van der Waals surface area contributed by atoms with Crippen molar-refractivity contribution in [2.24, 2.45) is 0 Å². The number of rotatable bonds is 5. The molecule has 3 rings (SSSR count). The summed E-state index contributed by atoms with van der Waals surface area (Å²) in [7, 11) is -4.01. The summed E-state index contributed by atoms with van der Waals surface area (Å²) in [5, 5.41) is 19.9. The molecule has 34 heavy (non-hydrogen) atoms. The van der Waals surface area contributed by atoms with E-state index in [0.29, 0.717) is 5.69 Å². The third-order valence-electron chi connectivity index (χ3n) is 6.21. The Morgan fingerprint density at radius 2 is 1.41 bits per heavy atom. The van der Waals surface area contributed by atoms with Gasteiger partial charge >= 0.3 is 6.03 Å². The minimum atomic E-state index is -4.01. The van der Waals surface area contributed by atoms with Crippen molar-refractivity contribution in [3.8, 4) is 0 Å². The number of carbonyl (C=O) groups is 1. The predicted molar refractivity (Wildman–Crippen MR) is 128 cm³/mol. The summed E-state index contributed by atoms with van der Waals surface area (Å²) >= 11 is 0. The third-order valence-corrected chi connectivity index (χ3v) is 7.56. The quantitative estimate of drug-likeness (QED) is 0.343. The highest BCUT2D eigenvalue weighted by molar-refractivity contribution is 7.90. The van der Waals surface area contributed by atoms with Crippen LogP contribution in [0, 0.1) is 10.1 Å². The molecule has 2 fully saturated rings. The molecule has 0 saturated heterocycles. The van der Waals surface area contributed by atoms with Crippen LogP contribution in [0.5, 0.6) is 0 Å².